The number of aliphatic hydroxyl groups is 1. The molecule has 0 spiro atoms. The molecule has 0 aliphatic carbocycles. The number of ether oxygens (including phenoxy) is 2. The van der Waals surface area contributed by atoms with Gasteiger partial charge < -0.3 is 14.6 Å². The molecular weight excluding hydrogens is 813 g/mol. The van der Waals surface area contributed by atoms with Crippen molar-refractivity contribution >= 4 is 11.9 Å². The van der Waals surface area contributed by atoms with Crippen molar-refractivity contribution in [3.8, 4) is 0 Å². The van der Waals surface area contributed by atoms with Gasteiger partial charge in [0.25, 0.3) is 0 Å². The lowest BCUT2D eigenvalue weighted by Gasteiger charge is -2.15. The van der Waals surface area contributed by atoms with Crippen LogP contribution in [0.15, 0.2) is 122 Å². The third-order valence-electron chi connectivity index (χ3n) is 11.3. The molecular formula is C61H100O5. The Kier molecular flexibility index (Phi) is 52.5. The molecule has 1 N–H and O–H groups in total. The molecule has 0 aliphatic heterocycles. The van der Waals surface area contributed by atoms with Gasteiger partial charge in [-0.1, -0.05) is 238 Å². The van der Waals surface area contributed by atoms with E-state index in [1.165, 1.54) is 96.3 Å². The Morgan fingerprint density at radius 2 is 0.606 bits per heavy atom. The van der Waals surface area contributed by atoms with E-state index < -0.39 is 6.10 Å². The molecule has 0 amide bonds. The Morgan fingerprint density at radius 1 is 0.348 bits per heavy atom. The first-order valence-corrected chi connectivity index (χ1v) is 27.1. The molecule has 0 aromatic heterocycles. The molecule has 5 heteroatoms. The lowest BCUT2D eigenvalue weighted by Crippen LogP contribution is -2.28. The van der Waals surface area contributed by atoms with Gasteiger partial charge in [0.15, 0.2) is 6.10 Å². The van der Waals surface area contributed by atoms with Crippen LogP contribution in [-0.2, 0) is 19.1 Å². The largest absolute Gasteiger partial charge is 0.462 e. The highest BCUT2D eigenvalue weighted by Crippen LogP contribution is 2.15. The number of unbranched alkanes of at least 4 members (excludes halogenated alkanes) is 20. The van der Waals surface area contributed by atoms with Gasteiger partial charge in [-0.05, 0) is 103 Å². The number of carbonyl (C=O) groups excluding carboxylic acids is 2. The smallest absolute Gasteiger partial charge is 0.306 e. The van der Waals surface area contributed by atoms with Crippen LogP contribution in [0, 0.1) is 0 Å². The number of allylic oxidation sites excluding steroid dienone is 20. The summed E-state index contributed by atoms with van der Waals surface area (Å²) >= 11 is 0. The van der Waals surface area contributed by atoms with Crippen molar-refractivity contribution < 1.29 is 24.2 Å². The monoisotopic (exact) mass is 913 g/mol. The molecule has 0 saturated heterocycles. The molecule has 0 aromatic rings. The number of aliphatic hydroxyl groups excluding tert-OH is 1. The Bertz CT molecular complexity index is 1350. The highest BCUT2D eigenvalue weighted by molar-refractivity contribution is 5.70. The molecule has 0 heterocycles. The molecule has 0 bridgehead atoms. The van der Waals surface area contributed by atoms with Crippen molar-refractivity contribution in [2.24, 2.45) is 0 Å². The van der Waals surface area contributed by atoms with Crippen LogP contribution in [0.5, 0.6) is 0 Å². The average molecular weight is 913 g/mol. The zero-order valence-corrected chi connectivity index (χ0v) is 42.7. The highest BCUT2D eigenvalue weighted by Gasteiger charge is 2.16. The first-order chi connectivity index (χ1) is 32.6. The summed E-state index contributed by atoms with van der Waals surface area (Å²) in [5, 5.41) is 9.65. The summed E-state index contributed by atoms with van der Waals surface area (Å²) in [6.45, 7) is 3.91. The minimum absolute atomic E-state index is 0.0769. The van der Waals surface area contributed by atoms with E-state index >= 15 is 0 Å². The van der Waals surface area contributed by atoms with Gasteiger partial charge in [0.05, 0.1) is 6.61 Å². The second-order valence-electron chi connectivity index (χ2n) is 17.5. The van der Waals surface area contributed by atoms with Crippen LogP contribution in [0.1, 0.15) is 232 Å². The summed E-state index contributed by atoms with van der Waals surface area (Å²) in [4.78, 5) is 24.5. The Balaban J connectivity index is 3.56. The van der Waals surface area contributed by atoms with Crippen molar-refractivity contribution in [1.82, 2.24) is 0 Å². The average Bonchev–Trinajstić information content (AvgIpc) is 3.32. The molecule has 0 aromatic carbocycles. The van der Waals surface area contributed by atoms with Crippen molar-refractivity contribution in [1.29, 1.82) is 0 Å². The van der Waals surface area contributed by atoms with Crippen molar-refractivity contribution in [3.05, 3.63) is 122 Å². The molecule has 66 heavy (non-hydrogen) atoms. The Morgan fingerprint density at radius 3 is 0.909 bits per heavy atom. The Hall–Kier alpha value is -3.70. The third-order valence-corrected chi connectivity index (χ3v) is 11.3. The first kappa shape index (κ1) is 62.3. The molecule has 374 valence electrons. The zero-order chi connectivity index (χ0) is 47.7. The van der Waals surface area contributed by atoms with Crippen LogP contribution in [0.4, 0.5) is 0 Å². The van der Waals surface area contributed by atoms with E-state index in [9.17, 15) is 14.7 Å². The van der Waals surface area contributed by atoms with Gasteiger partial charge in [-0.3, -0.25) is 9.59 Å². The van der Waals surface area contributed by atoms with E-state index in [-0.39, 0.29) is 25.2 Å². The van der Waals surface area contributed by atoms with Crippen LogP contribution >= 0.6 is 0 Å². The normalized spacial score (nSPS) is 13.2. The predicted molar refractivity (Wildman–Crippen MR) is 288 cm³/mol. The fourth-order valence-corrected chi connectivity index (χ4v) is 7.26. The number of esters is 2. The molecule has 0 aliphatic rings. The fraction of sp³-hybridized carbons (Fsp3) is 0.639. The molecule has 0 fully saturated rings. The summed E-state index contributed by atoms with van der Waals surface area (Å²) in [6, 6.07) is 0. The quantitative estimate of drug-likeness (QED) is 0.0374. The molecule has 1 unspecified atom stereocenters. The predicted octanol–water partition coefficient (Wildman–Crippen LogP) is 18.3. The van der Waals surface area contributed by atoms with Crippen LogP contribution in [0.2, 0.25) is 0 Å². The van der Waals surface area contributed by atoms with Gasteiger partial charge in [-0.2, -0.15) is 0 Å². The van der Waals surface area contributed by atoms with Gasteiger partial charge >= 0.3 is 11.9 Å². The van der Waals surface area contributed by atoms with Gasteiger partial charge in [0.1, 0.15) is 6.61 Å². The van der Waals surface area contributed by atoms with Crippen LogP contribution in [0.3, 0.4) is 0 Å². The van der Waals surface area contributed by atoms with E-state index in [1.54, 1.807) is 0 Å². The summed E-state index contributed by atoms with van der Waals surface area (Å²) in [6.07, 6.45) is 81.5. The standard InChI is InChI=1S/C61H100O5/c1-3-5-7-9-11-13-15-17-19-21-23-25-27-29-30-32-34-36-38-40-42-44-46-48-50-52-54-56-61(64)66-59(57-62)58-65-60(63)55-53-51-49-47-45-43-41-39-37-35-33-31-28-26-24-22-20-18-16-14-12-10-8-6-4-2/h5-8,11-14,17-20,23-26,29-30,34,36,59,62H,3-4,9-10,15-16,21-22,27-28,31-33,35,37-58H2,1-2H3/b7-5-,8-6-,13-11-,14-12-,19-17-,20-18-,25-23-,26-24-,30-29-,36-34-. The third kappa shape index (κ3) is 52.9. The molecule has 0 saturated carbocycles. The second-order valence-corrected chi connectivity index (χ2v) is 17.5. The maximum Gasteiger partial charge on any atom is 0.306 e. The number of rotatable bonds is 48. The Labute approximate surface area is 407 Å². The van der Waals surface area contributed by atoms with Crippen LogP contribution in [-0.4, -0.2) is 36.4 Å². The maximum atomic E-state index is 12.3. The van der Waals surface area contributed by atoms with Gasteiger partial charge in [-0.25, -0.2) is 0 Å². The summed E-state index contributed by atoms with van der Waals surface area (Å²) < 4.78 is 10.7. The number of hydrogen-bond donors (Lipinski definition) is 1. The van der Waals surface area contributed by atoms with E-state index in [0.717, 1.165) is 109 Å². The van der Waals surface area contributed by atoms with E-state index in [0.29, 0.717) is 12.8 Å². The number of carbonyl (C=O) groups is 2. The van der Waals surface area contributed by atoms with E-state index in [2.05, 4.69) is 135 Å². The summed E-state index contributed by atoms with van der Waals surface area (Å²) in [5.74, 6) is -0.607. The lowest BCUT2D eigenvalue weighted by atomic mass is 10.0. The van der Waals surface area contributed by atoms with Crippen molar-refractivity contribution in [2.75, 3.05) is 13.2 Å². The van der Waals surface area contributed by atoms with Crippen molar-refractivity contribution in [3.63, 3.8) is 0 Å². The van der Waals surface area contributed by atoms with Crippen LogP contribution in [0.25, 0.3) is 0 Å². The molecule has 1 atom stereocenters. The van der Waals surface area contributed by atoms with Crippen LogP contribution < -0.4 is 0 Å². The SMILES string of the molecule is CC/C=C\C/C=C\C/C=C\C/C=C\C/C=C\C/C=C\CCCCCCCCCCC(=O)OC(CO)COC(=O)CCCCCCCCCCCCCC/C=C\C/C=C\C/C=C\C/C=C\CC. The summed E-state index contributed by atoms with van der Waals surface area (Å²) in [5.41, 5.74) is 0. The second kappa shape index (κ2) is 55.6. The molecule has 5 nitrogen and oxygen atoms in total. The number of hydrogen-bond acceptors (Lipinski definition) is 5. The maximum absolute atomic E-state index is 12.3. The van der Waals surface area contributed by atoms with E-state index in [4.69, 9.17) is 9.47 Å². The van der Waals surface area contributed by atoms with Crippen molar-refractivity contribution in [2.45, 2.75) is 238 Å². The topological polar surface area (TPSA) is 72.8 Å². The summed E-state index contributed by atoms with van der Waals surface area (Å²) in [7, 11) is 0. The minimum atomic E-state index is -0.787. The lowest BCUT2D eigenvalue weighted by molar-refractivity contribution is -0.161. The molecule has 0 rings (SSSR count). The van der Waals surface area contributed by atoms with E-state index in [1.807, 2.05) is 0 Å². The van der Waals surface area contributed by atoms with Gasteiger partial charge in [0.2, 0.25) is 0 Å². The highest BCUT2D eigenvalue weighted by atomic mass is 16.6. The van der Waals surface area contributed by atoms with Gasteiger partial charge in [-0.15, -0.1) is 0 Å². The molecule has 0 radical (unpaired) electrons. The first-order valence-electron chi connectivity index (χ1n) is 27.1. The minimum Gasteiger partial charge on any atom is -0.462 e. The fourth-order valence-electron chi connectivity index (χ4n) is 7.26. The zero-order valence-electron chi connectivity index (χ0n) is 42.7. The van der Waals surface area contributed by atoms with Gasteiger partial charge in [0, 0.05) is 12.8 Å².